The standard InChI is InChI=1S/C24H26N6/c1-5-11-29(12-6-1)20-15-19-22(28-18-10-4-3-9-17(18)27-19)21-23(20)25-16-26-24(21)30-13-7-2-8-14-30/h3-4,9-10,15-16H,1-2,5-8,11-14H2. The summed E-state index contributed by atoms with van der Waals surface area (Å²) < 4.78 is 0. The summed E-state index contributed by atoms with van der Waals surface area (Å²) in [5.74, 6) is 1.02. The molecule has 152 valence electrons. The molecule has 2 aliphatic rings. The molecule has 0 atom stereocenters. The summed E-state index contributed by atoms with van der Waals surface area (Å²) in [5.41, 5.74) is 5.92. The lowest BCUT2D eigenvalue weighted by molar-refractivity contribution is 0.574. The quantitative estimate of drug-likeness (QED) is 0.360. The number of rotatable bonds is 2. The van der Waals surface area contributed by atoms with Crippen molar-refractivity contribution in [1.82, 2.24) is 19.9 Å². The summed E-state index contributed by atoms with van der Waals surface area (Å²) in [7, 11) is 0. The minimum Gasteiger partial charge on any atom is -0.370 e. The summed E-state index contributed by atoms with van der Waals surface area (Å²) >= 11 is 0. The Morgan fingerprint density at radius 2 is 1.30 bits per heavy atom. The third-order valence-electron chi connectivity index (χ3n) is 6.53. The van der Waals surface area contributed by atoms with Crippen LogP contribution in [0.5, 0.6) is 0 Å². The van der Waals surface area contributed by atoms with Crippen LogP contribution in [0.4, 0.5) is 11.5 Å². The van der Waals surface area contributed by atoms with Crippen LogP contribution in [0.15, 0.2) is 36.7 Å². The van der Waals surface area contributed by atoms with Crippen LogP contribution in [0.1, 0.15) is 38.5 Å². The van der Waals surface area contributed by atoms with Crippen LogP contribution < -0.4 is 9.80 Å². The molecule has 0 saturated carbocycles. The average molecular weight is 399 g/mol. The number of para-hydroxylation sites is 2. The monoisotopic (exact) mass is 398 g/mol. The van der Waals surface area contributed by atoms with E-state index in [1.54, 1.807) is 6.33 Å². The first-order valence-electron chi connectivity index (χ1n) is 11.2. The van der Waals surface area contributed by atoms with E-state index in [0.29, 0.717) is 0 Å². The molecule has 0 bridgehead atoms. The fourth-order valence-corrected chi connectivity index (χ4v) is 5.01. The zero-order valence-corrected chi connectivity index (χ0v) is 17.2. The maximum atomic E-state index is 5.06. The number of hydrogen-bond acceptors (Lipinski definition) is 6. The number of anilines is 2. The summed E-state index contributed by atoms with van der Waals surface area (Å²) in [6, 6.07) is 10.3. The molecule has 6 nitrogen and oxygen atoms in total. The van der Waals surface area contributed by atoms with Gasteiger partial charge < -0.3 is 9.80 Å². The molecule has 0 aliphatic carbocycles. The Kier molecular flexibility index (Phi) is 4.36. The molecule has 0 N–H and O–H groups in total. The SMILES string of the molecule is c1ccc2nc3c(cc(N4CCCCC4)c4ncnc(N5CCCCC5)c43)nc2c1. The lowest BCUT2D eigenvalue weighted by Crippen LogP contribution is -2.31. The molecule has 2 saturated heterocycles. The van der Waals surface area contributed by atoms with Gasteiger partial charge in [0, 0.05) is 26.2 Å². The van der Waals surface area contributed by atoms with E-state index in [-0.39, 0.29) is 0 Å². The second kappa shape index (κ2) is 7.35. The van der Waals surface area contributed by atoms with Gasteiger partial charge in [-0.15, -0.1) is 0 Å². The van der Waals surface area contributed by atoms with Gasteiger partial charge in [0.25, 0.3) is 0 Å². The Balaban J connectivity index is 1.68. The lowest BCUT2D eigenvalue weighted by Gasteiger charge is -2.31. The molecule has 2 fully saturated rings. The maximum Gasteiger partial charge on any atom is 0.142 e. The number of aromatic nitrogens is 4. The molecule has 0 spiro atoms. The van der Waals surface area contributed by atoms with Crippen molar-refractivity contribution in [3.8, 4) is 0 Å². The Labute approximate surface area is 176 Å². The van der Waals surface area contributed by atoms with Gasteiger partial charge >= 0.3 is 0 Å². The molecule has 2 aromatic heterocycles. The molecular formula is C24H26N6. The first-order valence-corrected chi connectivity index (χ1v) is 11.2. The van der Waals surface area contributed by atoms with Crippen LogP contribution in [0.3, 0.4) is 0 Å². The van der Waals surface area contributed by atoms with Crippen molar-refractivity contribution in [1.29, 1.82) is 0 Å². The van der Waals surface area contributed by atoms with E-state index in [0.717, 1.165) is 65.0 Å². The molecule has 30 heavy (non-hydrogen) atoms. The fraction of sp³-hybridized carbons (Fsp3) is 0.417. The molecule has 0 unspecified atom stereocenters. The van der Waals surface area contributed by atoms with Gasteiger partial charge in [0.15, 0.2) is 0 Å². The number of nitrogens with zero attached hydrogens (tertiary/aromatic N) is 6. The summed E-state index contributed by atoms with van der Waals surface area (Å²) in [6.07, 6.45) is 9.22. The molecule has 4 heterocycles. The Bertz CT molecular complexity index is 1210. The molecule has 6 rings (SSSR count). The second-order valence-electron chi connectivity index (χ2n) is 8.49. The normalized spacial score (nSPS) is 17.9. The topological polar surface area (TPSA) is 58.0 Å². The van der Waals surface area contributed by atoms with Gasteiger partial charge in [-0.2, -0.15) is 0 Å². The van der Waals surface area contributed by atoms with Crippen molar-refractivity contribution in [3.63, 3.8) is 0 Å². The maximum absolute atomic E-state index is 5.06. The lowest BCUT2D eigenvalue weighted by atomic mass is 10.1. The predicted molar refractivity (Wildman–Crippen MR) is 122 cm³/mol. The summed E-state index contributed by atoms with van der Waals surface area (Å²) in [6.45, 7) is 4.24. The average Bonchev–Trinajstić information content (AvgIpc) is 2.83. The Morgan fingerprint density at radius 3 is 2.03 bits per heavy atom. The summed E-state index contributed by atoms with van der Waals surface area (Å²) in [5, 5.41) is 1.07. The van der Waals surface area contributed by atoms with E-state index in [9.17, 15) is 0 Å². The van der Waals surface area contributed by atoms with E-state index >= 15 is 0 Å². The zero-order valence-electron chi connectivity index (χ0n) is 17.2. The second-order valence-corrected chi connectivity index (χ2v) is 8.49. The van der Waals surface area contributed by atoms with Crippen molar-refractivity contribution in [3.05, 3.63) is 36.7 Å². The molecule has 0 radical (unpaired) electrons. The third-order valence-corrected chi connectivity index (χ3v) is 6.53. The van der Waals surface area contributed by atoms with E-state index < -0.39 is 0 Å². The smallest absolute Gasteiger partial charge is 0.142 e. The zero-order chi connectivity index (χ0) is 19.9. The highest BCUT2D eigenvalue weighted by Gasteiger charge is 2.23. The van der Waals surface area contributed by atoms with Gasteiger partial charge in [0.05, 0.1) is 27.6 Å². The van der Waals surface area contributed by atoms with Crippen LogP contribution in [-0.2, 0) is 0 Å². The van der Waals surface area contributed by atoms with Crippen LogP contribution in [0.2, 0.25) is 0 Å². The van der Waals surface area contributed by atoms with Crippen molar-refractivity contribution in [2.24, 2.45) is 0 Å². The largest absolute Gasteiger partial charge is 0.370 e. The van der Waals surface area contributed by atoms with Gasteiger partial charge in [-0.1, -0.05) is 12.1 Å². The number of benzene rings is 2. The molecule has 2 aliphatic heterocycles. The Hall–Kier alpha value is -3.02. The number of piperidine rings is 2. The van der Waals surface area contributed by atoms with E-state index in [1.807, 2.05) is 24.3 Å². The first-order chi connectivity index (χ1) is 14.9. The highest BCUT2D eigenvalue weighted by atomic mass is 15.2. The van der Waals surface area contributed by atoms with Gasteiger partial charge in [0.2, 0.25) is 0 Å². The van der Waals surface area contributed by atoms with Crippen molar-refractivity contribution in [2.45, 2.75) is 38.5 Å². The highest BCUT2D eigenvalue weighted by Crippen LogP contribution is 2.38. The van der Waals surface area contributed by atoms with Gasteiger partial charge in [-0.05, 0) is 56.7 Å². The molecule has 4 aromatic rings. The van der Waals surface area contributed by atoms with Crippen molar-refractivity contribution in [2.75, 3.05) is 36.0 Å². The van der Waals surface area contributed by atoms with Crippen LogP contribution in [0.25, 0.3) is 33.0 Å². The molecule has 6 heteroatoms. The number of hydrogen-bond donors (Lipinski definition) is 0. The van der Waals surface area contributed by atoms with Gasteiger partial charge in [-0.3, -0.25) is 0 Å². The van der Waals surface area contributed by atoms with Crippen LogP contribution >= 0.6 is 0 Å². The van der Waals surface area contributed by atoms with E-state index in [4.69, 9.17) is 19.9 Å². The minimum absolute atomic E-state index is 0.922. The minimum atomic E-state index is 0.922. The molecular weight excluding hydrogens is 372 g/mol. The highest BCUT2D eigenvalue weighted by molar-refractivity contribution is 6.14. The van der Waals surface area contributed by atoms with Crippen molar-refractivity contribution >= 4 is 44.5 Å². The van der Waals surface area contributed by atoms with Gasteiger partial charge in [-0.25, -0.2) is 19.9 Å². The third kappa shape index (κ3) is 2.93. The molecule has 2 aromatic carbocycles. The fourth-order valence-electron chi connectivity index (χ4n) is 5.01. The molecule has 0 amide bonds. The van der Waals surface area contributed by atoms with E-state index in [1.165, 1.54) is 44.2 Å². The van der Waals surface area contributed by atoms with Crippen LogP contribution in [-0.4, -0.2) is 46.1 Å². The van der Waals surface area contributed by atoms with E-state index in [2.05, 4.69) is 15.9 Å². The van der Waals surface area contributed by atoms with Crippen LogP contribution in [0, 0.1) is 0 Å². The van der Waals surface area contributed by atoms with Crippen molar-refractivity contribution < 1.29 is 0 Å². The number of fused-ring (bicyclic) bond motifs is 4. The predicted octanol–water partition coefficient (Wildman–Crippen LogP) is 4.71. The summed E-state index contributed by atoms with van der Waals surface area (Å²) in [4.78, 5) is 24.5. The first kappa shape index (κ1) is 17.8. The Morgan fingerprint density at radius 1 is 0.633 bits per heavy atom. The van der Waals surface area contributed by atoms with Gasteiger partial charge in [0.1, 0.15) is 23.2 Å².